The first-order valence-corrected chi connectivity index (χ1v) is 6.44. The van der Waals surface area contributed by atoms with Gasteiger partial charge in [-0.05, 0) is 19.1 Å². The summed E-state index contributed by atoms with van der Waals surface area (Å²) in [5, 5.41) is 10.2. The smallest absolute Gasteiger partial charge is 0.143 e. The first-order chi connectivity index (χ1) is 9.28. The first kappa shape index (κ1) is 11.9. The summed E-state index contributed by atoms with van der Waals surface area (Å²) in [5.74, 6) is 0. The van der Waals surface area contributed by atoms with Gasteiger partial charge in [0.25, 0.3) is 0 Å². The lowest BCUT2D eigenvalue weighted by Crippen LogP contribution is -2.41. The highest BCUT2D eigenvalue weighted by atomic mass is 16.5. The molecule has 2 aromatic rings. The standard InChI is InChI=1S/C15H15N3O/c1-11-10-18(6-7-19-11)15-8-12(9-16)17-14-5-3-2-4-13(14)15/h2-5,8,11H,6-7,10H2,1H3. The van der Waals surface area contributed by atoms with Gasteiger partial charge in [0, 0.05) is 24.2 Å². The number of ether oxygens (including phenoxy) is 1. The average molecular weight is 253 g/mol. The fourth-order valence-corrected chi connectivity index (χ4v) is 2.51. The Morgan fingerprint density at radius 3 is 3.05 bits per heavy atom. The lowest BCUT2D eigenvalue weighted by Gasteiger charge is -2.33. The second-order valence-electron chi connectivity index (χ2n) is 4.78. The normalized spacial score (nSPS) is 19.4. The van der Waals surface area contributed by atoms with Crippen molar-refractivity contribution in [3.05, 3.63) is 36.0 Å². The van der Waals surface area contributed by atoms with Crippen LogP contribution in [0.15, 0.2) is 30.3 Å². The number of aromatic nitrogens is 1. The third-order valence-electron chi connectivity index (χ3n) is 3.39. The topological polar surface area (TPSA) is 49.2 Å². The van der Waals surface area contributed by atoms with Gasteiger partial charge in [-0.2, -0.15) is 5.26 Å². The van der Waals surface area contributed by atoms with E-state index in [-0.39, 0.29) is 6.10 Å². The molecule has 1 unspecified atom stereocenters. The number of hydrogen-bond acceptors (Lipinski definition) is 4. The quantitative estimate of drug-likeness (QED) is 0.782. The predicted molar refractivity (Wildman–Crippen MR) is 74.1 cm³/mol. The molecule has 1 atom stereocenters. The highest BCUT2D eigenvalue weighted by Crippen LogP contribution is 2.28. The Morgan fingerprint density at radius 2 is 2.26 bits per heavy atom. The van der Waals surface area contributed by atoms with Gasteiger partial charge in [0.05, 0.1) is 18.2 Å². The van der Waals surface area contributed by atoms with Gasteiger partial charge in [-0.1, -0.05) is 18.2 Å². The number of nitrogens with zero attached hydrogens (tertiary/aromatic N) is 3. The molecule has 4 nitrogen and oxygen atoms in total. The van der Waals surface area contributed by atoms with Crippen LogP contribution in [-0.4, -0.2) is 30.8 Å². The van der Waals surface area contributed by atoms with Gasteiger partial charge in [-0.3, -0.25) is 0 Å². The van der Waals surface area contributed by atoms with E-state index in [1.54, 1.807) is 0 Å². The zero-order valence-corrected chi connectivity index (χ0v) is 10.8. The number of para-hydroxylation sites is 1. The molecule has 4 heteroatoms. The summed E-state index contributed by atoms with van der Waals surface area (Å²) in [6.07, 6.45) is 0.214. The Morgan fingerprint density at radius 1 is 1.42 bits per heavy atom. The summed E-state index contributed by atoms with van der Waals surface area (Å²) in [5.41, 5.74) is 2.42. The van der Waals surface area contributed by atoms with Crippen molar-refractivity contribution < 1.29 is 4.74 Å². The van der Waals surface area contributed by atoms with E-state index in [4.69, 9.17) is 10.00 Å². The van der Waals surface area contributed by atoms with Crippen LogP contribution in [0.4, 0.5) is 5.69 Å². The lowest BCUT2D eigenvalue weighted by atomic mass is 10.1. The van der Waals surface area contributed by atoms with Crippen LogP contribution in [0, 0.1) is 11.3 Å². The van der Waals surface area contributed by atoms with E-state index in [1.807, 2.05) is 24.3 Å². The maximum Gasteiger partial charge on any atom is 0.143 e. The minimum atomic E-state index is 0.214. The fraction of sp³-hybridized carbons (Fsp3) is 0.333. The first-order valence-electron chi connectivity index (χ1n) is 6.44. The molecule has 1 saturated heterocycles. The van der Waals surface area contributed by atoms with Crippen LogP contribution in [0.1, 0.15) is 12.6 Å². The van der Waals surface area contributed by atoms with Gasteiger partial charge in [0.2, 0.25) is 0 Å². The van der Waals surface area contributed by atoms with E-state index >= 15 is 0 Å². The van der Waals surface area contributed by atoms with Crippen LogP contribution in [0.2, 0.25) is 0 Å². The van der Waals surface area contributed by atoms with Crippen molar-refractivity contribution in [1.82, 2.24) is 4.98 Å². The highest BCUT2D eigenvalue weighted by Gasteiger charge is 2.19. The number of morpholine rings is 1. The van der Waals surface area contributed by atoms with E-state index in [0.717, 1.165) is 36.3 Å². The molecule has 3 rings (SSSR count). The maximum atomic E-state index is 9.12. The molecule has 2 heterocycles. The Balaban J connectivity index is 2.13. The second kappa shape index (κ2) is 4.87. The van der Waals surface area contributed by atoms with E-state index < -0.39 is 0 Å². The zero-order valence-electron chi connectivity index (χ0n) is 10.8. The lowest BCUT2D eigenvalue weighted by molar-refractivity contribution is 0.0533. The molecule has 96 valence electrons. The molecule has 19 heavy (non-hydrogen) atoms. The van der Waals surface area contributed by atoms with Gasteiger partial charge in [-0.25, -0.2) is 4.98 Å². The number of rotatable bonds is 1. The second-order valence-corrected chi connectivity index (χ2v) is 4.78. The Bertz CT molecular complexity index is 647. The van der Waals surface area contributed by atoms with Crippen molar-refractivity contribution in [2.24, 2.45) is 0 Å². The maximum absolute atomic E-state index is 9.12. The Kier molecular flexibility index (Phi) is 3.06. The zero-order chi connectivity index (χ0) is 13.2. The summed E-state index contributed by atoms with van der Waals surface area (Å²) in [6, 6.07) is 12.0. The Hall–Kier alpha value is -2.12. The van der Waals surface area contributed by atoms with Gasteiger partial charge >= 0.3 is 0 Å². The van der Waals surface area contributed by atoms with Crippen molar-refractivity contribution in [3.8, 4) is 6.07 Å². The van der Waals surface area contributed by atoms with E-state index in [1.165, 1.54) is 0 Å². The van der Waals surface area contributed by atoms with Gasteiger partial charge in [0.15, 0.2) is 0 Å². The van der Waals surface area contributed by atoms with Crippen LogP contribution < -0.4 is 4.90 Å². The van der Waals surface area contributed by atoms with Gasteiger partial charge in [-0.15, -0.1) is 0 Å². The molecule has 0 spiro atoms. The summed E-state index contributed by atoms with van der Waals surface area (Å²) >= 11 is 0. The van der Waals surface area contributed by atoms with Crippen LogP contribution >= 0.6 is 0 Å². The Labute approximate surface area is 112 Å². The molecule has 0 saturated carbocycles. The molecule has 0 N–H and O–H groups in total. The number of benzene rings is 1. The van der Waals surface area contributed by atoms with E-state index in [9.17, 15) is 0 Å². The number of fused-ring (bicyclic) bond motifs is 1. The van der Waals surface area contributed by atoms with Crippen LogP contribution in [-0.2, 0) is 4.74 Å². The third-order valence-corrected chi connectivity index (χ3v) is 3.39. The van der Waals surface area contributed by atoms with Crippen molar-refractivity contribution in [1.29, 1.82) is 5.26 Å². The molecule has 1 aliphatic rings. The van der Waals surface area contributed by atoms with Gasteiger partial charge in [0.1, 0.15) is 11.8 Å². The van der Waals surface area contributed by atoms with Crippen LogP contribution in [0.3, 0.4) is 0 Å². The van der Waals surface area contributed by atoms with Crippen molar-refractivity contribution >= 4 is 16.6 Å². The summed E-state index contributed by atoms with van der Waals surface area (Å²) in [4.78, 5) is 6.63. The molecule has 1 aromatic heterocycles. The minimum Gasteiger partial charge on any atom is -0.375 e. The number of anilines is 1. The van der Waals surface area contributed by atoms with E-state index in [2.05, 4.69) is 28.9 Å². The fourth-order valence-electron chi connectivity index (χ4n) is 2.51. The predicted octanol–water partition coefficient (Wildman–Crippen LogP) is 2.33. The molecule has 1 aromatic carbocycles. The van der Waals surface area contributed by atoms with E-state index in [0.29, 0.717) is 5.69 Å². The average Bonchev–Trinajstić information content (AvgIpc) is 2.46. The third kappa shape index (κ3) is 2.25. The summed E-state index contributed by atoms with van der Waals surface area (Å²) in [7, 11) is 0. The molecule has 0 aliphatic carbocycles. The van der Waals surface area contributed by atoms with Crippen molar-refractivity contribution in [3.63, 3.8) is 0 Å². The monoisotopic (exact) mass is 253 g/mol. The summed E-state index contributed by atoms with van der Waals surface area (Å²) < 4.78 is 5.58. The number of nitriles is 1. The molecule has 1 aliphatic heterocycles. The molecule has 0 amide bonds. The van der Waals surface area contributed by atoms with Crippen LogP contribution in [0.5, 0.6) is 0 Å². The number of pyridine rings is 1. The molecule has 1 fully saturated rings. The molecular weight excluding hydrogens is 238 g/mol. The minimum absolute atomic E-state index is 0.214. The molecule has 0 radical (unpaired) electrons. The molecular formula is C15H15N3O. The SMILES string of the molecule is CC1CN(c2cc(C#N)nc3ccccc23)CCO1. The number of hydrogen-bond donors (Lipinski definition) is 0. The van der Waals surface area contributed by atoms with Crippen LogP contribution in [0.25, 0.3) is 10.9 Å². The summed E-state index contributed by atoms with van der Waals surface area (Å²) in [6.45, 7) is 4.49. The van der Waals surface area contributed by atoms with Gasteiger partial charge < -0.3 is 9.64 Å². The largest absolute Gasteiger partial charge is 0.375 e. The van der Waals surface area contributed by atoms with Crippen molar-refractivity contribution in [2.75, 3.05) is 24.6 Å². The molecule has 0 bridgehead atoms. The highest BCUT2D eigenvalue weighted by molar-refractivity contribution is 5.92. The van der Waals surface area contributed by atoms with Crippen molar-refractivity contribution in [2.45, 2.75) is 13.0 Å².